The molecule has 0 aliphatic carbocycles. The van der Waals surface area contributed by atoms with Gasteiger partial charge in [0.1, 0.15) is 6.34 Å². The van der Waals surface area contributed by atoms with E-state index in [9.17, 15) is 4.79 Å². The Balaban J connectivity index is 2.90. The third-order valence-corrected chi connectivity index (χ3v) is 0.921. The first-order valence-electron chi connectivity index (χ1n) is 2.52. The van der Waals surface area contributed by atoms with Gasteiger partial charge in [0.15, 0.2) is 12.1 Å². The highest BCUT2D eigenvalue weighted by Gasteiger charge is 2.08. The Hall–Kier alpha value is -1.65. The van der Waals surface area contributed by atoms with Gasteiger partial charge in [-0.3, -0.25) is 10.2 Å². The number of aldehydes is 1. The maximum Gasteiger partial charge on any atom is 0.188 e. The highest BCUT2D eigenvalue weighted by Crippen LogP contribution is 2.04. The van der Waals surface area contributed by atoms with Crippen molar-refractivity contribution >= 4 is 18.5 Å². The lowest BCUT2D eigenvalue weighted by Crippen LogP contribution is -1.95. The number of nitrogens with one attached hydrogen (secondary N) is 1. The van der Waals surface area contributed by atoms with Crippen LogP contribution in [0.1, 0.15) is 0 Å². The van der Waals surface area contributed by atoms with E-state index in [4.69, 9.17) is 5.41 Å². The summed E-state index contributed by atoms with van der Waals surface area (Å²) < 4.78 is 0. The SMILES string of the molecule is N=CN=C1N=NC=C1C=O. The first-order chi connectivity index (χ1) is 4.88. The molecule has 0 spiro atoms. The molecule has 0 bridgehead atoms. The van der Waals surface area contributed by atoms with Crippen LogP contribution in [-0.2, 0) is 4.79 Å². The van der Waals surface area contributed by atoms with Crippen molar-refractivity contribution in [2.75, 3.05) is 0 Å². The van der Waals surface area contributed by atoms with E-state index in [2.05, 4.69) is 15.2 Å². The standard InChI is InChI=1S/C5H4N4O/c6-3-7-5-4(2-10)1-8-9-5/h1-3,6H. The van der Waals surface area contributed by atoms with Gasteiger partial charge in [-0.25, -0.2) is 4.99 Å². The molecule has 50 valence electrons. The molecule has 0 unspecified atom stereocenters. The summed E-state index contributed by atoms with van der Waals surface area (Å²) in [7, 11) is 0. The Morgan fingerprint density at radius 2 is 2.50 bits per heavy atom. The summed E-state index contributed by atoms with van der Waals surface area (Å²) in [6.45, 7) is 0. The molecule has 0 aromatic heterocycles. The quantitative estimate of drug-likeness (QED) is 0.335. The summed E-state index contributed by atoms with van der Waals surface area (Å²) >= 11 is 0. The van der Waals surface area contributed by atoms with Crippen LogP contribution in [0.2, 0.25) is 0 Å². The fourth-order valence-corrected chi connectivity index (χ4v) is 0.506. The molecule has 0 fully saturated rings. The van der Waals surface area contributed by atoms with E-state index < -0.39 is 0 Å². The topological polar surface area (TPSA) is 78.0 Å². The molecule has 1 N–H and O–H groups in total. The Kier molecular flexibility index (Phi) is 1.79. The number of amidine groups is 1. The van der Waals surface area contributed by atoms with E-state index in [1.54, 1.807) is 0 Å². The summed E-state index contributed by atoms with van der Waals surface area (Å²) in [5.74, 6) is 0.199. The second-order valence-corrected chi connectivity index (χ2v) is 1.50. The lowest BCUT2D eigenvalue weighted by atomic mass is 10.3. The summed E-state index contributed by atoms with van der Waals surface area (Å²) in [6, 6.07) is 0. The van der Waals surface area contributed by atoms with Gasteiger partial charge in [0.25, 0.3) is 0 Å². The Bertz CT molecular complexity index is 250. The van der Waals surface area contributed by atoms with Crippen LogP contribution in [0, 0.1) is 5.41 Å². The highest BCUT2D eigenvalue weighted by molar-refractivity contribution is 6.16. The van der Waals surface area contributed by atoms with Crippen LogP contribution in [0.25, 0.3) is 0 Å². The third kappa shape index (κ3) is 1.02. The number of rotatable bonds is 2. The third-order valence-electron chi connectivity index (χ3n) is 0.921. The Labute approximate surface area is 56.7 Å². The molecule has 0 aromatic rings. The van der Waals surface area contributed by atoms with E-state index in [1.807, 2.05) is 0 Å². The summed E-state index contributed by atoms with van der Waals surface area (Å²) in [6.07, 6.45) is 2.72. The van der Waals surface area contributed by atoms with Crippen LogP contribution in [0.15, 0.2) is 27.0 Å². The normalized spacial score (nSPS) is 19.2. The minimum Gasteiger partial charge on any atom is -0.298 e. The van der Waals surface area contributed by atoms with E-state index in [1.165, 1.54) is 6.20 Å². The molecule has 5 nitrogen and oxygen atoms in total. The predicted octanol–water partition coefficient (Wildman–Crippen LogP) is 0.541. The maximum atomic E-state index is 10.1. The smallest absolute Gasteiger partial charge is 0.188 e. The number of nitrogens with zero attached hydrogens (tertiary/aromatic N) is 3. The predicted molar refractivity (Wildman–Crippen MR) is 35.2 cm³/mol. The number of carbonyl (C=O) groups excluding carboxylic acids is 1. The van der Waals surface area contributed by atoms with Crippen molar-refractivity contribution in [1.82, 2.24) is 0 Å². The molecule has 0 amide bonds. The lowest BCUT2D eigenvalue weighted by molar-refractivity contribution is -0.104. The maximum absolute atomic E-state index is 10.1. The zero-order valence-corrected chi connectivity index (χ0v) is 4.98. The Morgan fingerprint density at radius 3 is 3.10 bits per heavy atom. The molecule has 0 saturated carbocycles. The molecule has 1 rings (SSSR count). The van der Waals surface area contributed by atoms with Gasteiger partial charge in [-0.2, -0.15) is 5.11 Å². The second kappa shape index (κ2) is 2.77. The molecule has 1 aliphatic rings. The van der Waals surface area contributed by atoms with Crippen LogP contribution < -0.4 is 0 Å². The van der Waals surface area contributed by atoms with Crippen molar-refractivity contribution < 1.29 is 4.79 Å². The van der Waals surface area contributed by atoms with Gasteiger partial charge < -0.3 is 0 Å². The van der Waals surface area contributed by atoms with E-state index >= 15 is 0 Å². The van der Waals surface area contributed by atoms with Crippen molar-refractivity contribution in [2.24, 2.45) is 15.2 Å². The molecule has 1 heterocycles. The summed E-state index contributed by atoms with van der Waals surface area (Å²) in [4.78, 5) is 13.6. The minimum atomic E-state index is 0.199. The summed E-state index contributed by atoms with van der Waals surface area (Å²) in [5, 5.41) is 13.5. The number of azo groups is 1. The average molecular weight is 136 g/mol. The van der Waals surface area contributed by atoms with Gasteiger partial charge in [-0.1, -0.05) is 0 Å². The second-order valence-electron chi connectivity index (χ2n) is 1.50. The zero-order chi connectivity index (χ0) is 7.40. The van der Waals surface area contributed by atoms with Gasteiger partial charge in [0.2, 0.25) is 0 Å². The van der Waals surface area contributed by atoms with Gasteiger partial charge in [0, 0.05) is 0 Å². The van der Waals surface area contributed by atoms with Crippen molar-refractivity contribution in [3.8, 4) is 0 Å². The van der Waals surface area contributed by atoms with Crippen LogP contribution >= 0.6 is 0 Å². The first kappa shape index (κ1) is 6.47. The van der Waals surface area contributed by atoms with Crippen LogP contribution in [0.4, 0.5) is 0 Å². The monoisotopic (exact) mass is 136 g/mol. The molecule has 0 aromatic carbocycles. The summed E-state index contributed by atoms with van der Waals surface area (Å²) in [5.41, 5.74) is 0.309. The van der Waals surface area contributed by atoms with Crippen LogP contribution in [-0.4, -0.2) is 18.5 Å². The first-order valence-corrected chi connectivity index (χ1v) is 2.52. The molecule has 0 saturated heterocycles. The molecule has 10 heavy (non-hydrogen) atoms. The van der Waals surface area contributed by atoms with Crippen molar-refractivity contribution in [3.05, 3.63) is 11.8 Å². The molecular weight excluding hydrogens is 132 g/mol. The van der Waals surface area contributed by atoms with Crippen molar-refractivity contribution in [3.63, 3.8) is 0 Å². The largest absolute Gasteiger partial charge is 0.298 e. The minimum absolute atomic E-state index is 0.199. The molecule has 0 atom stereocenters. The van der Waals surface area contributed by atoms with E-state index in [0.717, 1.165) is 6.34 Å². The molecular formula is C5H4N4O. The van der Waals surface area contributed by atoms with Crippen molar-refractivity contribution in [2.45, 2.75) is 0 Å². The van der Waals surface area contributed by atoms with Gasteiger partial charge in [-0.15, -0.1) is 5.11 Å². The highest BCUT2D eigenvalue weighted by atomic mass is 16.1. The molecule has 1 aliphatic heterocycles. The van der Waals surface area contributed by atoms with Crippen molar-refractivity contribution in [1.29, 1.82) is 5.41 Å². The van der Waals surface area contributed by atoms with Crippen LogP contribution in [0.3, 0.4) is 0 Å². The fourth-order valence-electron chi connectivity index (χ4n) is 0.506. The molecule has 5 heteroatoms. The number of aliphatic imine (C=N–C) groups is 1. The number of hydrogen-bond acceptors (Lipinski definition) is 3. The van der Waals surface area contributed by atoms with E-state index in [0.29, 0.717) is 11.9 Å². The average Bonchev–Trinajstić information content (AvgIpc) is 2.36. The Morgan fingerprint density at radius 1 is 1.70 bits per heavy atom. The molecule has 0 radical (unpaired) electrons. The zero-order valence-electron chi connectivity index (χ0n) is 4.98. The van der Waals surface area contributed by atoms with Gasteiger partial charge >= 0.3 is 0 Å². The number of carbonyl (C=O) groups is 1. The lowest BCUT2D eigenvalue weighted by Gasteiger charge is -1.84. The van der Waals surface area contributed by atoms with Gasteiger partial charge in [0.05, 0.1) is 11.8 Å². The van der Waals surface area contributed by atoms with Crippen LogP contribution in [0.5, 0.6) is 0 Å². The van der Waals surface area contributed by atoms with Gasteiger partial charge in [-0.05, 0) is 0 Å². The fraction of sp³-hybridized carbons (Fsp3) is 0. The number of hydrogen-bond donors (Lipinski definition) is 1. The van der Waals surface area contributed by atoms with E-state index in [-0.39, 0.29) is 5.84 Å².